The van der Waals surface area contributed by atoms with Crippen molar-refractivity contribution in [2.24, 2.45) is 0 Å². The summed E-state index contributed by atoms with van der Waals surface area (Å²) in [6.45, 7) is 0.217. The molecule has 4 aliphatic rings. The Bertz CT molecular complexity index is 779. The Morgan fingerprint density at radius 1 is 1.00 bits per heavy atom. The van der Waals surface area contributed by atoms with Crippen molar-refractivity contribution >= 4 is 5.97 Å². The van der Waals surface area contributed by atoms with Gasteiger partial charge in [0.15, 0.2) is 18.5 Å². The average molecular weight is 340 g/mol. The number of ether oxygens (including phenoxy) is 5. The van der Waals surface area contributed by atoms with Crippen LogP contribution in [-0.2, 0) is 29.7 Å². The fourth-order valence-corrected chi connectivity index (χ4v) is 3.44. The molecule has 5 atom stereocenters. The summed E-state index contributed by atoms with van der Waals surface area (Å²) in [5.41, 5.74) is 1.24. The Kier molecular flexibility index (Phi) is 3.39. The van der Waals surface area contributed by atoms with Crippen LogP contribution in [0.5, 0.6) is 0 Å². The maximum absolute atomic E-state index is 12.4. The molecular weight excluding hydrogens is 324 g/mol. The first-order valence-electron chi connectivity index (χ1n) is 8.22. The summed E-state index contributed by atoms with van der Waals surface area (Å²) in [5.74, 6) is -1.72. The Labute approximate surface area is 144 Å². The first-order valence-corrected chi connectivity index (χ1v) is 8.22. The van der Waals surface area contributed by atoms with Gasteiger partial charge in [0, 0.05) is 5.56 Å². The van der Waals surface area contributed by atoms with Crippen LogP contribution in [0.25, 0.3) is 0 Å². The molecule has 0 spiro atoms. The minimum atomic E-state index is -1.31. The van der Waals surface area contributed by atoms with Gasteiger partial charge in [0.25, 0.3) is 0 Å². The monoisotopic (exact) mass is 340 g/mol. The number of benzene rings is 2. The first kappa shape index (κ1) is 15.0. The van der Waals surface area contributed by atoms with Gasteiger partial charge in [-0.25, -0.2) is 4.79 Å². The molecule has 4 aliphatic heterocycles. The lowest BCUT2D eigenvalue weighted by atomic mass is 10.1. The second-order valence-corrected chi connectivity index (χ2v) is 6.21. The van der Waals surface area contributed by atoms with E-state index in [4.69, 9.17) is 23.7 Å². The molecule has 6 rings (SSSR count). The molecule has 4 heterocycles. The van der Waals surface area contributed by atoms with Crippen LogP contribution in [0, 0.1) is 0 Å². The summed E-state index contributed by atoms with van der Waals surface area (Å²) in [6, 6.07) is 18.3. The lowest BCUT2D eigenvalue weighted by Gasteiger charge is -2.25. The zero-order chi connectivity index (χ0) is 16.9. The molecule has 0 radical (unpaired) electrons. The number of carbonyl (C=O) groups is 1. The summed E-state index contributed by atoms with van der Waals surface area (Å²) in [4.78, 5) is 12.4. The van der Waals surface area contributed by atoms with Gasteiger partial charge in [-0.2, -0.15) is 0 Å². The van der Waals surface area contributed by atoms with E-state index < -0.39 is 36.5 Å². The van der Waals surface area contributed by atoms with Gasteiger partial charge in [0.05, 0.1) is 12.2 Å². The largest absolute Gasteiger partial charge is 0.453 e. The SMILES string of the molecule is O=C(OC1C2OC3(c4ccccc4)OC[C@H]1O[C@H]2O3)c1ccccc1. The highest BCUT2D eigenvalue weighted by atomic mass is 17.0. The molecule has 2 aromatic rings. The third-order valence-electron chi connectivity index (χ3n) is 4.65. The highest BCUT2D eigenvalue weighted by Gasteiger charge is 2.64. The predicted octanol–water partition coefficient (Wildman–Crippen LogP) is 2.19. The second kappa shape index (κ2) is 5.64. The third kappa shape index (κ3) is 2.38. The van der Waals surface area contributed by atoms with Crippen molar-refractivity contribution in [1.29, 1.82) is 0 Å². The van der Waals surface area contributed by atoms with Crippen LogP contribution in [0.15, 0.2) is 60.7 Å². The third-order valence-corrected chi connectivity index (χ3v) is 4.65. The maximum atomic E-state index is 12.4. The molecule has 0 aliphatic carbocycles. The van der Waals surface area contributed by atoms with Gasteiger partial charge >= 0.3 is 11.9 Å². The number of fused-ring (bicyclic) bond motifs is 1. The smallest absolute Gasteiger partial charge is 0.338 e. The normalized spacial score (nSPS) is 35.5. The Morgan fingerprint density at radius 2 is 1.72 bits per heavy atom. The fourth-order valence-electron chi connectivity index (χ4n) is 3.44. The molecule has 3 unspecified atom stereocenters. The van der Waals surface area contributed by atoms with Crippen molar-refractivity contribution in [3.8, 4) is 0 Å². The maximum Gasteiger partial charge on any atom is 0.338 e. The second-order valence-electron chi connectivity index (χ2n) is 6.21. The van der Waals surface area contributed by atoms with E-state index in [0.717, 1.165) is 5.56 Å². The highest BCUT2D eigenvalue weighted by Crippen LogP contribution is 2.48. The lowest BCUT2D eigenvalue weighted by Crippen LogP contribution is -2.37. The van der Waals surface area contributed by atoms with E-state index in [0.29, 0.717) is 5.56 Å². The Hall–Kier alpha value is -2.25. The van der Waals surface area contributed by atoms with Crippen molar-refractivity contribution in [2.45, 2.75) is 30.6 Å². The molecule has 6 nitrogen and oxygen atoms in total. The molecule has 25 heavy (non-hydrogen) atoms. The van der Waals surface area contributed by atoms with E-state index in [9.17, 15) is 4.79 Å². The van der Waals surface area contributed by atoms with Gasteiger partial charge in [0.1, 0.15) is 6.10 Å². The molecule has 0 saturated carbocycles. The van der Waals surface area contributed by atoms with Crippen molar-refractivity contribution < 1.29 is 28.5 Å². The summed E-state index contributed by atoms with van der Waals surface area (Å²) < 4.78 is 29.3. The molecule has 4 fully saturated rings. The standard InChI is InChI=1S/C19H16O6/c20-17(12-7-3-1-4-8-12)23-15-14-11-21-19(13-9-5-2-6-10-13)24-16(15)18(22-14)25-19/h1-10,14-16,18H,11H2/t14-,15?,16?,18+,19?/m1/s1. The Balaban J connectivity index is 1.40. The van der Waals surface area contributed by atoms with Crippen LogP contribution in [0.3, 0.4) is 0 Å². The summed E-state index contributed by atoms with van der Waals surface area (Å²) >= 11 is 0. The van der Waals surface area contributed by atoms with Crippen molar-refractivity contribution in [1.82, 2.24) is 0 Å². The zero-order valence-electron chi connectivity index (χ0n) is 13.2. The summed E-state index contributed by atoms with van der Waals surface area (Å²) in [7, 11) is 0. The van der Waals surface area contributed by atoms with Crippen molar-refractivity contribution in [3.63, 3.8) is 0 Å². The van der Waals surface area contributed by atoms with E-state index in [-0.39, 0.29) is 6.61 Å². The van der Waals surface area contributed by atoms with Crippen molar-refractivity contribution in [3.05, 3.63) is 71.8 Å². The molecule has 2 aromatic carbocycles. The quantitative estimate of drug-likeness (QED) is 0.798. The topological polar surface area (TPSA) is 63.2 Å². The van der Waals surface area contributed by atoms with Gasteiger partial charge in [-0.05, 0) is 12.1 Å². The molecule has 4 saturated heterocycles. The number of hydrogen-bond donors (Lipinski definition) is 0. The molecule has 0 amide bonds. The average Bonchev–Trinajstić information content (AvgIpc) is 3.02. The number of rotatable bonds is 3. The summed E-state index contributed by atoms with van der Waals surface area (Å²) in [6.07, 6.45) is -2.15. The van der Waals surface area contributed by atoms with E-state index in [1.807, 2.05) is 36.4 Å². The minimum absolute atomic E-state index is 0.217. The predicted molar refractivity (Wildman–Crippen MR) is 84.3 cm³/mol. The van der Waals surface area contributed by atoms with Gasteiger partial charge < -0.3 is 18.9 Å². The minimum Gasteiger partial charge on any atom is -0.453 e. The summed E-state index contributed by atoms with van der Waals surface area (Å²) in [5, 5.41) is 0. The van der Waals surface area contributed by atoms with Crippen LogP contribution in [0.1, 0.15) is 15.9 Å². The van der Waals surface area contributed by atoms with Gasteiger partial charge in [0.2, 0.25) is 0 Å². The van der Waals surface area contributed by atoms with Crippen LogP contribution in [0.2, 0.25) is 0 Å². The van der Waals surface area contributed by atoms with Gasteiger partial charge in [-0.15, -0.1) is 0 Å². The lowest BCUT2D eigenvalue weighted by molar-refractivity contribution is -0.349. The van der Waals surface area contributed by atoms with E-state index in [2.05, 4.69) is 0 Å². The van der Waals surface area contributed by atoms with Gasteiger partial charge in [-0.1, -0.05) is 48.5 Å². The fraction of sp³-hybridized carbons (Fsp3) is 0.316. The van der Waals surface area contributed by atoms with Crippen LogP contribution in [-0.4, -0.2) is 37.2 Å². The molecule has 128 valence electrons. The van der Waals surface area contributed by atoms with E-state index in [1.54, 1.807) is 24.3 Å². The Morgan fingerprint density at radius 3 is 2.48 bits per heavy atom. The zero-order valence-corrected chi connectivity index (χ0v) is 13.2. The van der Waals surface area contributed by atoms with Crippen LogP contribution >= 0.6 is 0 Å². The highest BCUT2D eigenvalue weighted by molar-refractivity contribution is 5.89. The van der Waals surface area contributed by atoms with Gasteiger partial charge in [-0.3, -0.25) is 4.74 Å². The molecular formula is C19H16O6. The number of esters is 1. The molecule has 6 heteroatoms. The molecule has 0 N–H and O–H groups in total. The molecule has 4 bridgehead atoms. The first-order chi connectivity index (χ1) is 12.3. The van der Waals surface area contributed by atoms with E-state index >= 15 is 0 Å². The van der Waals surface area contributed by atoms with E-state index in [1.165, 1.54) is 0 Å². The van der Waals surface area contributed by atoms with Crippen LogP contribution < -0.4 is 0 Å². The number of hydrogen-bond acceptors (Lipinski definition) is 6. The van der Waals surface area contributed by atoms with Crippen LogP contribution in [0.4, 0.5) is 0 Å². The van der Waals surface area contributed by atoms with Crippen molar-refractivity contribution in [2.75, 3.05) is 6.61 Å². The molecule has 0 aromatic heterocycles. The number of carbonyl (C=O) groups excluding carboxylic acids is 1.